The van der Waals surface area contributed by atoms with E-state index in [1.807, 2.05) is 6.08 Å². The summed E-state index contributed by atoms with van der Waals surface area (Å²) in [5, 5.41) is 9.40. The first-order chi connectivity index (χ1) is 14.4. The van der Waals surface area contributed by atoms with Gasteiger partial charge in [-0.25, -0.2) is 4.79 Å². The summed E-state index contributed by atoms with van der Waals surface area (Å²) in [4.78, 5) is 24.4. The second kappa shape index (κ2) is 7.48. The van der Waals surface area contributed by atoms with Gasteiger partial charge in [0, 0.05) is 17.9 Å². The molecular formula is C25H33F3O3. The summed E-state index contributed by atoms with van der Waals surface area (Å²) in [5.41, 5.74) is 1.36. The van der Waals surface area contributed by atoms with Crippen LogP contribution in [-0.4, -0.2) is 23.0 Å². The molecule has 2 saturated carbocycles. The molecule has 31 heavy (non-hydrogen) atoms. The maximum Gasteiger partial charge on any atom is 0.391 e. The Balaban J connectivity index is 1.56. The third kappa shape index (κ3) is 3.58. The average molecular weight is 439 g/mol. The Morgan fingerprint density at radius 1 is 1.16 bits per heavy atom. The van der Waals surface area contributed by atoms with Gasteiger partial charge in [0.25, 0.3) is 0 Å². The first-order valence-electron chi connectivity index (χ1n) is 11.6. The zero-order chi connectivity index (χ0) is 22.8. The minimum Gasteiger partial charge on any atom is -0.478 e. The van der Waals surface area contributed by atoms with E-state index in [4.69, 9.17) is 0 Å². The Hall–Kier alpha value is -1.59. The van der Waals surface area contributed by atoms with Crippen molar-refractivity contribution in [3.63, 3.8) is 0 Å². The van der Waals surface area contributed by atoms with Crippen LogP contribution in [0.1, 0.15) is 72.1 Å². The van der Waals surface area contributed by atoms with Gasteiger partial charge >= 0.3 is 12.1 Å². The molecule has 0 spiro atoms. The van der Waals surface area contributed by atoms with E-state index in [9.17, 15) is 27.9 Å². The average Bonchev–Trinajstić information content (AvgIpc) is 3.03. The van der Waals surface area contributed by atoms with E-state index >= 15 is 0 Å². The van der Waals surface area contributed by atoms with Crippen molar-refractivity contribution in [2.75, 3.05) is 0 Å². The van der Waals surface area contributed by atoms with Gasteiger partial charge in [-0.3, -0.25) is 4.79 Å². The first kappa shape index (κ1) is 22.6. The Morgan fingerprint density at radius 2 is 1.87 bits per heavy atom. The predicted molar refractivity (Wildman–Crippen MR) is 111 cm³/mol. The Morgan fingerprint density at radius 3 is 2.52 bits per heavy atom. The number of alkyl halides is 3. The fourth-order valence-corrected chi connectivity index (χ4v) is 7.58. The summed E-state index contributed by atoms with van der Waals surface area (Å²) in [6.07, 6.45) is 5.05. The number of ketones is 1. The molecule has 7 atom stereocenters. The number of hydrogen-bond acceptors (Lipinski definition) is 2. The van der Waals surface area contributed by atoms with Crippen molar-refractivity contribution in [3.05, 3.63) is 23.3 Å². The summed E-state index contributed by atoms with van der Waals surface area (Å²) in [6, 6.07) is 0. The zero-order valence-corrected chi connectivity index (χ0v) is 18.6. The molecule has 0 aromatic heterocycles. The van der Waals surface area contributed by atoms with Crippen LogP contribution in [0.2, 0.25) is 0 Å². The molecule has 0 aromatic carbocycles. The number of allylic oxidation sites excluding steroid dienone is 3. The quantitative estimate of drug-likeness (QED) is 0.557. The minimum atomic E-state index is -4.32. The molecule has 1 unspecified atom stereocenters. The number of carboxylic acids is 1. The van der Waals surface area contributed by atoms with Crippen LogP contribution in [0.15, 0.2) is 23.3 Å². The standard InChI is InChI=1S/C25H33F3O3/c1-14(25(26,27)28)12-21(29)20-7-6-18-17-5-4-16-13-15(22(30)31)8-10-23(16,2)19(17)9-11-24(18,20)3/h4,13-14,17-20H,5-12H2,1-3H3,(H,30,31)/t14?,17-,18-,19-,20+,23-,24-/m0/s1. The number of carbonyl (C=O) groups excluding carboxylic acids is 1. The van der Waals surface area contributed by atoms with Crippen molar-refractivity contribution in [3.8, 4) is 0 Å². The summed E-state index contributed by atoms with van der Waals surface area (Å²) < 4.78 is 39.1. The topological polar surface area (TPSA) is 54.4 Å². The highest BCUT2D eigenvalue weighted by molar-refractivity contribution is 5.87. The molecule has 0 bridgehead atoms. The zero-order valence-electron chi connectivity index (χ0n) is 18.6. The van der Waals surface area contributed by atoms with Gasteiger partial charge in [-0.2, -0.15) is 13.2 Å². The third-order valence-corrected chi connectivity index (χ3v) is 9.50. The third-order valence-electron chi connectivity index (χ3n) is 9.50. The number of aliphatic carboxylic acids is 1. The normalized spacial score (nSPS) is 40.7. The van der Waals surface area contributed by atoms with Gasteiger partial charge in [-0.15, -0.1) is 0 Å². The van der Waals surface area contributed by atoms with Crippen LogP contribution in [0.5, 0.6) is 0 Å². The fraction of sp³-hybridized carbons (Fsp3) is 0.760. The lowest BCUT2D eigenvalue weighted by molar-refractivity contribution is -0.175. The van der Waals surface area contributed by atoms with Crippen molar-refractivity contribution in [1.29, 1.82) is 0 Å². The van der Waals surface area contributed by atoms with E-state index in [0.717, 1.165) is 44.6 Å². The monoisotopic (exact) mass is 438 g/mol. The van der Waals surface area contributed by atoms with Crippen LogP contribution in [0.3, 0.4) is 0 Å². The van der Waals surface area contributed by atoms with Crippen LogP contribution in [0, 0.1) is 40.4 Å². The van der Waals surface area contributed by atoms with E-state index < -0.39 is 24.5 Å². The number of hydrogen-bond donors (Lipinski definition) is 1. The van der Waals surface area contributed by atoms with Crippen LogP contribution < -0.4 is 0 Å². The first-order valence-corrected chi connectivity index (χ1v) is 11.6. The summed E-state index contributed by atoms with van der Waals surface area (Å²) in [7, 11) is 0. The van der Waals surface area contributed by atoms with E-state index in [2.05, 4.69) is 19.9 Å². The van der Waals surface area contributed by atoms with Gasteiger partial charge in [0.2, 0.25) is 0 Å². The Bertz CT molecular complexity index is 841. The minimum absolute atomic E-state index is 0.0455. The maximum atomic E-state index is 13.0. The molecule has 0 heterocycles. The Labute approximate surface area is 182 Å². The summed E-state index contributed by atoms with van der Waals surface area (Å²) in [5.74, 6) is -1.70. The van der Waals surface area contributed by atoms with E-state index in [-0.39, 0.29) is 22.5 Å². The molecule has 0 amide bonds. The molecular weight excluding hydrogens is 405 g/mol. The number of fused-ring (bicyclic) bond motifs is 5. The molecule has 2 fully saturated rings. The molecule has 3 nitrogen and oxygen atoms in total. The molecule has 6 heteroatoms. The SMILES string of the molecule is CC(CC(=O)[C@H]1CC[C@H]2[C@@H]3CC=C4C=C(C(=O)O)CC[C@]4(C)[C@H]3CC[C@]12C)C(F)(F)F. The second-order valence-corrected chi connectivity index (χ2v) is 11.0. The number of carbonyl (C=O) groups is 2. The van der Waals surface area contributed by atoms with E-state index in [0.29, 0.717) is 36.2 Å². The highest BCUT2D eigenvalue weighted by Crippen LogP contribution is 2.66. The summed E-state index contributed by atoms with van der Waals surface area (Å²) >= 11 is 0. The number of rotatable bonds is 4. The molecule has 4 aliphatic rings. The van der Waals surface area contributed by atoms with Gasteiger partial charge in [-0.05, 0) is 85.2 Å². The molecule has 172 valence electrons. The van der Waals surface area contributed by atoms with Gasteiger partial charge < -0.3 is 5.11 Å². The number of Topliss-reactive ketones (excluding diaryl/α,β-unsaturated/α-hetero) is 1. The molecule has 4 aliphatic carbocycles. The van der Waals surface area contributed by atoms with Crippen molar-refractivity contribution < 1.29 is 27.9 Å². The molecule has 0 radical (unpaired) electrons. The van der Waals surface area contributed by atoms with E-state index in [1.165, 1.54) is 0 Å². The van der Waals surface area contributed by atoms with Gasteiger partial charge in [-0.1, -0.05) is 26.8 Å². The predicted octanol–water partition coefficient (Wildman–Crippen LogP) is 6.34. The summed E-state index contributed by atoms with van der Waals surface area (Å²) in [6.45, 7) is 5.52. The second-order valence-electron chi connectivity index (χ2n) is 11.0. The number of carboxylic acid groups (broad SMARTS) is 1. The molecule has 1 N–H and O–H groups in total. The largest absolute Gasteiger partial charge is 0.478 e. The lowest BCUT2D eigenvalue weighted by Crippen LogP contribution is -2.50. The maximum absolute atomic E-state index is 13.0. The smallest absolute Gasteiger partial charge is 0.391 e. The van der Waals surface area contributed by atoms with Crippen LogP contribution in [0.25, 0.3) is 0 Å². The lowest BCUT2D eigenvalue weighted by Gasteiger charge is -2.57. The lowest BCUT2D eigenvalue weighted by atomic mass is 9.47. The molecule has 0 aliphatic heterocycles. The van der Waals surface area contributed by atoms with Crippen molar-refractivity contribution in [1.82, 2.24) is 0 Å². The van der Waals surface area contributed by atoms with Gasteiger partial charge in [0.1, 0.15) is 5.78 Å². The number of halogens is 3. The highest BCUT2D eigenvalue weighted by atomic mass is 19.4. The molecule has 0 aromatic rings. The van der Waals surface area contributed by atoms with Crippen molar-refractivity contribution in [2.45, 2.75) is 78.3 Å². The van der Waals surface area contributed by atoms with Crippen LogP contribution >= 0.6 is 0 Å². The van der Waals surface area contributed by atoms with Gasteiger partial charge in [0.05, 0.1) is 5.92 Å². The fourth-order valence-electron chi connectivity index (χ4n) is 7.58. The highest BCUT2D eigenvalue weighted by Gasteiger charge is 2.59. The van der Waals surface area contributed by atoms with Crippen molar-refractivity contribution >= 4 is 11.8 Å². The van der Waals surface area contributed by atoms with Gasteiger partial charge in [0.15, 0.2) is 0 Å². The Kier molecular flexibility index (Phi) is 5.45. The molecule has 4 rings (SSSR count). The molecule has 0 saturated heterocycles. The van der Waals surface area contributed by atoms with Crippen LogP contribution in [0.4, 0.5) is 13.2 Å². The van der Waals surface area contributed by atoms with Crippen LogP contribution in [-0.2, 0) is 9.59 Å². The van der Waals surface area contributed by atoms with E-state index in [1.54, 1.807) is 0 Å². The van der Waals surface area contributed by atoms with Crippen molar-refractivity contribution in [2.24, 2.45) is 40.4 Å².